The Morgan fingerprint density at radius 2 is 2.30 bits per heavy atom. The molecule has 0 unspecified atom stereocenters. The van der Waals surface area contributed by atoms with Crippen molar-refractivity contribution < 1.29 is 28.5 Å². The average molecular weight is 357 g/mol. The third-order valence-corrected chi connectivity index (χ3v) is 4.79. The van der Waals surface area contributed by atoms with E-state index in [0.29, 0.717) is 35.5 Å². The highest BCUT2D eigenvalue weighted by molar-refractivity contribution is 7.21. The molecule has 1 aliphatic rings. The van der Waals surface area contributed by atoms with Gasteiger partial charge in [-0.05, 0) is 19.1 Å². The molecule has 23 heavy (non-hydrogen) atoms. The van der Waals surface area contributed by atoms with Gasteiger partial charge in [-0.2, -0.15) is 0 Å². The molecule has 2 aromatic rings. The fourth-order valence-corrected chi connectivity index (χ4v) is 3.48. The van der Waals surface area contributed by atoms with Gasteiger partial charge < -0.3 is 18.9 Å². The molecule has 0 aliphatic carbocycles. The van der Waals surface area contributed by atoms with E-state index in [1.54, 1.807) is 19.1 Å². The van der Waals surface area contributed by atoms with Gasteiger partial charge in [-0.15, -0.1) is 11.3 Å². The molecule has 0 radical (unpaired) electrons. The van der Waals surface area contributed by atoms with Crippen LogP contribution in [0, 0.1) is 0 Å². The van der Waals surface area contributed by atoms with Crippen molar-refractivity contribution in [1.29, 1.82) is 0 Å². The van der Waals surface area contributed by atoms with Crippen molar-refractivity contribution in [3.05, 3.63) is 22.0 Å². The maximum absolute atomic E-state index is 12.0. The summed E-state index contributed by atoms with van der Waals surface area (Å²) in [6, 6.07) is 3.43. The van der Waals surface area contributed by atoms with Crippen LogP contribution in [0.3, 0.4) is 0 Å². The van der Waals surface area contributed by atoms with Gasteiger partial charge in [-0.25, -0.2) is 4.79 Å². The van der Waals surface area contributed by atoms with Crippen molar-refractivity contribution in [2.24, 2.45) is 0 Å². The molecular formula is C15H13ClO6S. The van der Waals surface area contributed by atoms with E-state index >= 15 is 0 Å². The molecule has 6 nitrogen and oxygen atoms in total. The maximum atomic E-state index is 12.0. The molecule has 1 aromatic heterocycles. The van der Waals surface area contributed by atoms with Gasteiger partial charge in [0.15, 0.2) is 11.5 Å². The van der Waals surface area contributed by atoms with E-state index in [-0.39, 0.29) is 28.4 Å². The first-order valence-electron chi connectivity index (χ1n) is 6.92. The number of carbonyl (C=O) groups is 2. The van der Waals surface area contributed by atoms with Gasteiger partial charge in [0.05, 0.1) is 23.6 Å². The SMILES string of the molecule is CCOC(=O)c1sc2ccc(OC[C@H]3CO3)c(OC=O)c2c1Cl. The number of hydrogen-bond acceptors (Lipinski definition) is 7. The predicted molar refractivity (Wildman–Crippen MR) is 84.7 cm³/mol. The highest BCUT2D eigenvalue weighted by Crippen LogP contribution is 2.45. The summed E-state index contributed by atoms with van der Waals surface area (Å²) in [5, 5.41) is 0.648. The Labute approximate surface area is 140 Å². The summed E-state index contributed by atoms with van der Waals surface area (Å²) in [6.45, 7) is 3.27. The van der Waals surface area contributed by atoms with Crippen molar-refractivity contribution >= 4 is 45.5 Å². The minimum Gasteiger partial charge on any atom is -0.487 e. The molecule has 0 spiro atoms. The first-order chi connectivity index (χ1) is 11.2. The Balaban J connectivity index is 2.04. The molecule has 122 valence electrons. The van der Waals surface area contributed by atoms with Gasteiger partial charge in [-0.3, -0.25) is 4.79 Å². The topological polar surface area (TPSA) is 74.4 Å². The number of ether oxygens (including phenoxy) is 4. The second-order valence-corrected chi connectivity index (χ2v) is 6.14. The second-order valence-electron chi connectivity index (χ2n) is 4.71. The van der Waals surface area contributed by atoms with Crippen LogP contribution in [0.15, 0.2) is 12.1 Å². The van der Waals surface area contributed by atoms with E-state index in [9.17, 15) is 9.59 Å². The fraction of sp³-hybridized carbons (Fsp3) is 0.333. The summed E-state index contributed by atoms with van der Waals surface area (Å²) in [7, 11) is 0. The number of rotatable bonds is 7. The number of hydrogen-bond donors (Lipinski definition) is 0. The quantitative estimate of drug-likeness (QED) is 0.431. The lowest BCUT2D eigenvalue weighted by Crippen LogP contribution is -2.05. The highest BCUT2D eigenvalue weighted by atomic mass is 35.5. The van der Waals surface area contributed by atoms with Gasteiger partial charge in [0.2, 0.25) is 0 Å². The summed E-state index contributed by atoms with van der Waals surface area (Å²) < 4.78 is 21.4. The van der Waals surface area contributed by atoms with Crippen LogP contribution in [0.25, 0.3) is 10.1 Å². The van der Waals surface area contributed by atoms with E-state index < -0.39 is 5.97 Å². The summed E-state index contributed by atoms with van der Waals surface area (Å²) in [5.41, 5.74) is 0. The van der Waals surface area contributed by atoms with Crippen molar-refractivity contribution in [1.82, 2.24) is 0 Å². The Bertz CT molecular complexity index is 752. The zero-order chi connectivity index (χ0) is 16.4. The lowest BCUT2D eigenvalue weighted by molar-refractivity contribution is -0.120. The lowest BCUT2D eigenvalue weighted by Gasteiger charge is -2.10. The third-order valence-electron chi connectivity index (χ3n) is 3.17. The lowest BCUT2D eigenvalue weighted by atomic mass is 10.2. The number of esters is 1. The Kier molecular flexibility index (Phi) is 4.70. The van der Waals surface area contributed by atoms with Gasteiger partial charge in [0, 0.05) is 4.70 Å². The van der Waals surface area contributed by atoms with Crippen LogP contribution in [-0.4, -0.2) is 38.4 Å². The molecule has 1 aliphatic heterocycles. The smallest absolute Gasteiger partial charge is 0.349 e. The van der Waals surface area contributed by atoms with Crippen LogP contribution in [-0.2, 0) is 14.3 Å². The van der Waals surface area contributed by atoms with Crippen LogP contribution in [0.4, 0.5) is 0 Å². The van der Waals surface area contributed by atoms with Crippen LogP contribution in [0.5, 0.6) is 11.5 Å². The molecule has 1 saturated heterocycles. The minimum absolute atomic E-state index is 0.0582. The number of halogens is 1. The van der Waals surface area contributed by atoms with Crippen molar-refractivity contribution in [3.8, 4) is 11.5 Å². The molecule has 0 amide bonds. The normalized spacial score (nSPS) is 16.2. The van der Waals surface area contributed by atoms with Crippen molar-refractivity contribution in [2.75, 3.05) is 19.8 Å². The molecule has 1 fully saturated rings. The Hall–Kier alpha value is -1.83. The number of fused-ring (bicyclic) bond motifs is 1. The fourth-order valence-electron chi connectivity index (χ4n) is 2.06. The average Bonchev–Trinajstić information content (AvgIpc) is 3.30. The van der Waals surface area contributed by atoms with E-state index in [0.717, 1.165) is 0 Å². The number of benzene rings is 1. The third kappa shape index (κ3) is 3.26. The first-order valence-corrected chi connectivity index (χ1v) is 8.12. The Morgan fingerprint density at radius 1 is 1.52 bits per heavy atom. The van der Waals surface area contributed by atoms with E-state index in [1.807, 2.05) is 0 Å². The van der Waals surface area contributed by atoms with Gasteiger partial charge >= 0.3 is 5.97 Å². The van der Waals surface area contributed by atoms with E-state index in [1.165, 1.54) is 11.3 Å². The first kappa shape index (κ1) is 16.0. The maximum Gasteiger partial charge on any atom is 0.349 e. The standard InChI is InChI=1S/C15H13ClO6S/c1-2-19-15(18)14-12(16)11-10(23-14)4-3-9(13(11)22-7-17)21-6-8-5-20-8/h3-4,7-8H,2,5-6H2,1H3/t8-/m1/s1. The van der Waals surface area contributed by atoms with Crippen LogP contribution in [0.1, 0.15) is 16.6 Å². The second kappa shape index (κ2) is 6.74. The minimum atomic E-state index is -0.510. The molecule has 8 heteroatoms. The molecule has 0 bridgehead atoms. The number of epoxide rings is 1. The summed E-state index contributed by atoms with van der Waals surface area (Å²) >= 11 is 7.48. The van der Waals surface area contributed by atoms with E-state index in [4.69, 9.17) is 30.5 Å². The molecule has 2 heterocycles. The van der Waals surface area contributed by atoms with E-state index in [2.05, 4.69) is 0 Å². The summed E-state index contributed by atoms with van der Waals surface area (Å²) in [4.78, 5) is 23.1. The van der Waals surface area contributed by atoms with Crippen molar-refractivity contribution in [2.45, 2.75) is 13.0 Å². The predicted octanol–water partition coefficient (Wildman–Crippen LogP) is 3.04. The van der Waals surface area contributed by atoms with Crippen LogP contribution >= 0.6 is 22.9 Å². The summed E-state index contributed by atoms with van der Waals surface area (Å²) in [5.74, 6) is 0.0507. The van der Waals surface area contributed by atoms with Crippen LogP contribution in [0.2, 0.25) is 5.02 Å². The zero-order valence-electron chi connectivity index (χ0n) is 12.2. The highest BCUT2D eigenvalue weighted by Gasteiger charge is 2.26. The van der Waals surface area contributed by atoms with Crippen LogP contribution < -0.4 is 9.47 Å². The summed E-state index contributed by atoms with van der Waals surface area (Å²) in [6.07, 6.45) is 0.0582. The number of thiophene rings is 1. The number of carbonyl (C=O) groups excluding carboxylic acids is 2. The van der Waals surface area contributed by atoms with Gasteiger partial charge in [0.25, 0.3) is 6.47 Å². The molecule has 3 rings (SSSR count). The van der Waals surface area contributed by atoms with Crippen molar-refractivity contribution in [3.63, 3.8) is 0 Å². The van der Waals surface area contributed by atoms with Gasteiger partial charge in [0.1, 0.15) is 17.6 Å². The largest absolute Gasteiger partial charge is 0.487 e. The van der Waals surface area contributed by atoms with Gasteiger partial charge in [-0.1, -0.05) is 11.6 Å². The molecular weight excluding hydrogens is 344 g/mol. The Morgan fingerprint density at radius 3 is 2.96 bits per heavy atom. The monoisotopic (exact) mass is 356 g/mol. The zero-order valence-corrected chi connectivity index (χ0v) is 13.7. The molecule has 0 saturated carbocycles. The molecule has 1 aromatic carbocycles. The molecule has 1 atom stereocenters. The molecule has 0 N–H and O–H groups in total.